The first-order valence-electron chi connectivity index (χ1n) is 9.84. The summed E-state index contributed by atoms with van der Waals surface area (Å²) < 4.78 is 5.69. The van der Waals surface area contributed by atoms with Crippen LogP contribution in [0.1, 0.15) is 34.3 Å². The van der Waals surface area contributed by atoms with Gasteiger partial charge in [-0.1, -0.05) is 18.2 Å². The Labute approximate surface area is 168 Å². The summed E-state index contributed by atoms with van der Waals surface area (Å²) in [6, 6.07) is 11.9. The monoisotopic (exact) mass is 392 g/mol. The third-order valence-corrected chi connectivity index (χ3v) is 5.16. The Balaban J connectivity index is 1.59. The highest BCUT2D eigenvalue weighted by Gasteiger charge is 2.24. The third-order valence-electron chi connectivity index (χ3n) is 5.16. The molecule has 0 bridgehead atoms. The molecule has 6 heteroatoms. The Morgan fingerprint density at radius 1 is 1.17 bits per heavy atom. The quantitative estimate of drug-likeness (QED) is 0.576. The zero-order valence-electron chi connectivity index (χ0n) is 16.3. The number of carbonyl (C=O) groups is 2. The molecule has 1 saturated carbocycles. The minimum atomic E-state index is -0.156. The number of carbonyl (C=O) groups excluding carboxylic acids is 2. The number of benzene rings is 2. The van der Waals surface area contributed by atoms with Crippen molar-refractivity contribution in [3.05, 3.63) is 59.4 Å². The van der Waals surface area contributed by atoms with Crippen molar-refractivity contribution in [2.75, 3.05) is 13.2 Å². The molecular weight excluding hydrogens is 368 g/mol. The number of aliphatic hydroxyl groups is 1. The van der Waals surface area contributed by atoms with Crippen LogP contribution in [0.15, 0.2) is 47.1 Å². The molecule has 3 N–H and O–H groups in total. The van der Waals surface area contributed by atoms with Crippen molar-refractivity contribution in [2.24, 2.45) is 0 Å². The van der Waals surface area contributed by atoms with Crippen molar-refractivity contribution in [1.29, 1.82) is 0 Å². The molecule has 0 unspecified atom stereocenters. The highest BCUT2D eigenvalue weighted by Crippen LogP contribution is 2.30. The maximum Gasteiger partial charge on any atom is 0.251 e. The van der Waals surface area contributed by atoms with Crippen molar-refractivity contribution < 1.29 is 19.1 Å². The Morgan fingerprint density at radius 2 is 2.00 bits per heavy atom. The van der Waals surface area contributed by atoms with Gasteiger partial charge in [-0.25, -0.2) is 0 Å². The molecule has 1 aliphatic carbocycles. The number of nitrogens with one attached hydrogen (secondary N) is 2. The highest BCUT2D eigenvalue weighted by molar-refractivity contribution is 5.97. The first-order chi connectivity index (χ1) is 14.0. The zero-order chi connectivity index (χ0) is 20.4. The number of aryl methyl sites for hydroxylation is 1. The number of rotatable bonds is 7. The summed E-state index contributed by atoms with van der Waals surface area (Å²) >= 11 is 0. The summed E-state index contributed by atoms with van der Waals surface area (Å²) in [5, 5.41) is 15.4. The molecule has 3 aromatic rings. The van der Waals surface area contributed by atoms with E-state index in [0.29, 0.717) is 17.2 Å². The van der Waals surface area contributed by atoms with Crippen LogP contribution in [0.5, 0.6) is 0 Å². The van der Waals surface area contributed by atoms with Gasteiger partial charge in [0.1, 0.15) is 5.58 Å². The second-order valence-corrected chi connectivity index (χ2v) is 7.50. The fourth-order valence-corrected chi connectivity index (χ4v) is 3.39. The fraction of sp³-hybridized carbons (Fsp3) is 0.304. The van der Waals surface area contributed by atoms with Gasteiger partial charge in [-0.05, 0) is 54.7 Å². The van der Waals surface area contributed by atoms with Crippen molar-refractivity contribution >= 4 is 22.8 Å². The summed E-state index contributed by atoms with van der Waals surface area (Å²) in [6.07, 6.45) is 3.90. The molecule has 150 valence electrons. The largest absolute Gasteiger partial charge is 0.464 e. The van der Waals surface area contributed by atoms with E-state index in [4.69, 9.17) is 9.52 Å². The molecule has 2 aromatic carbocycles. The van der Waals surface area contributed by atoms with Crippen LogP contribution in [-0.2, 0) is 11.2 Å². The molecule has 1 heterocycles. The lowest BCUT2D eigenvalue weighted by molar-refractivity contribution is -0.120. The maximum atomic E-state index is 12.4. The molecule has 0 aliphatic heterocycles. The molecule has 2 amide bonds. The fourth-order valence-electron chi connectivity index (χ4n) is 3.39. The number of furan rings is 1. The number of aliphatic hydroxyl groups excluding tert-OH is 1. The summed E-state index contributed by atoms with van der Waals surface area (Å²) in [5.74, 6) is -0.194. The molecule has 0 spiro atoms. The Kier molecular flexibility index (Phi) is 5.36. The van der Waals surface area contributed by atoms with E-state index in [1.165, 1.54) is 0 Å². The number of hydrogen-bond donors (Lipinski definition) is 3. The minimum absolute atomic E-state index is 0.0380. The van der Waals surface area contributed by atoms with Crippen LogP contribution < -0.4 is 10.6 Å². The molecule has 1 aromatic heterocycles. The molecule has 6 nitrogen and oxygen atoms in total. The molecule has 1 aliphatic rings. The number of fused-ring (bicyclic) bond motifs is 1. The average molecular weight is 392 g/mol. The van der Waals surface area contributed by atoms with Gasteiger partial charge in [0.15, 0.2) is 0 Å². The average Bonchev–Trinajstić information content (AvgIpc) is 3.45. The molecule has 1 fully saturated rings. The second kappa shape index (κ2) is 8.09. The number of amides is 2. The van der Waals surface area contributed by atoms with Gasteiger partial charge in [0.25, 0.3) is 5.91 Å². The molecule has 29 heavy (non-hydrogen) atoms. The Bertz CT molecular complexity index is 1070. The first-order valence-corrected chi connectivity index (χ1v) is 9.84. The van der Waals surface area contributed by atoms with E-state index < -0.39 is 0 Å². The molecule has 0 atom stereocenters. The normalized spacial score (nSPS) is 13.4. The first kappa shape index (κ1) is 19.2. The van der Waals surface area contributed by atoms with E-state index in [1.54, 1.807) is 6.26 Å². The van der Waals surface area contributed by atoms with Gasteiger partial charge in [-0.2, -0.15) is 0 Å². The lowest BCUT2D eigenvalue weighted by Gasteiger charge is -2.10. The smallest absolute Gasteiger partial charge is 0.251 e. The van der Waals surface area contributed by atoms with Crippen molar-refractivity contribution in [1.82, 2.24) is 10.6 Å². The van der Waals surface area contributed by atoms with Gasteiger partial charge in [-0.15, -0.1) is 0 Å². The summed E-state index contributed by atoms with van der Waals surface area (Å²) in [7, 11) is 0. The summed E-state index contributed by atoms with van der Waals surface area (Å²) in [4.78, 5) is 24.3. The lowest BCUT2D eigenvalue weighted by atomic mass is 9.96. The zero-order valence-corrected chi connectivity index (χ0v) is 16.3. The van der Waals surface area contributed by atoms with E-state index in [1.807, 2.05) is 43.3 Å². The van der Waals surface area contributed by atoms with Gasteiger partial charge in [0.05, 0.1) is 19.3 Å². The van der Waals surface area contributed by atoms with E-state index >= 15 is 0 Å². The van der Waals surface area contributed by atoms with Crippen LogP contribution in [0.4, 0.5) is 0 Å². The van der Waals surface area contributed by atoms with Crippen LogP contribution in [0.2, 0.25) is 0 Å². The molecule has 0 saturated heterocycles. The van der Waals surface area contributed by atoms with Gasteiger partial charge >= 0.3 is 0 Å². The SMILES string of the molecule is Cc1ccc(C(=O)NC2CC2)cc1-c1ccc2c(CC(=O)NCCO)coc2c1. The molecular formula is C23H24N2O4. The van der Waals surface area contributed by atoms with Crippen molar-refractivity contribution in [3.63, 3.8) is 0 Å². The Morgan fingerprint density at radius 3 is 2.76 bits per heavy atom. The van der Waals surface area contributed by atoms with Gasteiger partial charge < -0.3 is 20.2 Å². The van der Waals surface area contributed by atoms with E-state index in [0.717, 1.165) is 40.5 Å². The highest BCUT2D eigenvalue weighted by atomic mass is 16.3. The number of hydrogen-bond acceptors (Lipinski definition) is 4. The van der Waals surface area contributed by atoms with Crippen LogP contribution in [0.25, 0.3) is 22.1 Å². The van der Waals surface area contributed by atoms with E-state index in [9.17, 15) is 9.59 Å². The van der Waals surface area contributed by atoms with Crippen LogP contribution >= 0.6 is 0 Å². The van der Waals surface area contributed by atoms with E-state index in [-0.39, 0.29) is 31.4 Å². The van der Waals surface area contributed by atoms with Crippen LogP contribution in [0, 0.1) is 6.92 Å². The minimum Gasteiger partial charge on any atom is -0.464 e. The molecule has 0 radical (unpaired) electrons. The molecule has 4 rings (SSSR count). The van der Waals surface area contributed by atoms with Gasteiger partial charge in [-0.3, -0.25) is 9.59 Å². The van der Waals surface area contributed by atoms with Crippen LogP contribution in [0.3, 0.4) is 0 Å². The second-order valence-electron chi connectivity index (χ2n) is 7.50. The lowest BCUT2D eigenvalue weighted by Crippen LogP contribution is -2.27. The van der Waals surface area contributed by atoms with Crippen LogP contribution in [-0.4, -0.2) is 36.1 Å². The van der Waals surface area contributed by atoms with Crippen molar-refractivity contribution in [3.8, 4) is 11.1 Å². The predicted molar refractivity (Wildman–Crippen MR) is 111 cm³/mol. The maximum absolute atomic E-state index is 12.4. The third kappa shape index (κ3) is 4.32. The topological polar surface area (TPSA) is 91.6 Å². The Hall–Kier alpha value is -3.12. The van der Waals surface area contributed by atoms with Gasteiger partial charge in [0.2, 0.25) is 5.91 Å². The van der Waals surface area contributed by atoms with E-state index in [2.05, 4.69) is 10.6 Å². The summed E-state index contributed by atoms with van der Waals surface area (Å²) in [5.41, 5.74) is 5.16. The predicted octanol–water partition coefficient (Wildman–Crippen LogP) is 2.95. The van der Waals surface area contributed by atoms with Crippen molar-refractivity contribution in [2.45, 2.75) is 32.2 Å². The summed E-state index contributed by atoms with van der Waals surface area (Å²) in [6.45, 7) is 2.17. The standard InChI is InChI=1S/C23H24N2O4/c1-14-2-3-16(23(28)25-18-5-6-18)10-20(14)15-4-7-19-17(13-29-21(19)11-15)12-22(27)24-8-9-26/h2-4,7,10-11,13,18,26H,5-6,8-9,12H2,1H3,(H,24,27)(H,25,28). The van der Waals surface area contributed by atoms with Gasteiger partial charge in [0, 0.05) is 29.1 Å².